The number of hydrogen-bond acceptors (Lipinski definition) is 2. The molecule has 0 radical (unpaired) electrons. The molecule has 0 aromatic heterocycles. The van der Waals surface area contributed by atoms with E-state index in [2.05, 4.69) is 71.5 Å². The molecule has 0 amide bonds. The summed E-state index contributed by atoms with van der Waals surface area (Å²) in [6.07, 6.45) is 1.04. The maximum Gasteiger partial charge on any atom is 0.119 e. The van der Waals surface area contributed by atoms with Gasteiger partial charge in [0.1, 0.15) is 5.75 Å². The maximum atomic E-state index is 5.59. The molecule has 2 aromatic rings. The summed E-state index contributed by atoms with van der Waals surface area (Å²) in [5.41, 5.74) is 2.56. The first kappa shape index (κ1) is 16.1. The second-order valence-electron chi connectivity index (χ2n) is 5.15. The largest absolute Gasteiger partial charge is 0.494 e. The van der Waals surface area contributed by atoms with Crippen molar-refractivity contribution in [2.45, 2.75) is 32.9 Å². The first-order chi connectivity index (χ1) is 10.2. The smallest absolute Gasteiger partial charge is 0.119 e. The van der Waals surface area contributed by atoms with Crippen LogP contribution in [0.3, 0.4) is 0 Å². The molecule has 0 bridgehead atoms. The predicted molar refractivity (Wildman–Crippen MR) is 91.6 cm³/mol. The quantitative estimate of drug-likeness (QED) is 0.753. The number of halogens is 1. The van der Waals surface area contributed by atoms with Gasteiger partial charge in [0, 0.05) is 17.1 Å². The second-order valence-corrected chi connectivity index (χ2v) is 6.06. The molecule has 0 aliphatic carbocycles. The van der Waals surface area contributed by atoms with Crippen LogP contribution in [-0.2, 0) is 6.54 Å². The Morgan fingerprint density at radius 1 is 1.05 bits per heavy atom. The van der Waals surface area contributed by atoms with Crippen molar-refractivity contribution in [3.8, 4) is 5.75 Å². The summed E-state index contributed by atoms with van der Waals surface area (Å²) < 4.78 is 6.70. The average molecular weight is 348 g/mol. The minimum Gasteiger partial charge on any atom is -0.494 e. The summed E-state index contributed by atoms with van der Waals surface area (Å²) in [6, 6.07) is 17.1. The van der Waals surface area contributed by atoms with Crippen LogP contribution in [-0.4, -0.2) is 6.61 Å². The minimum absolute atomic E-state index is 0.328. The van der Waals surface area contributed by atoms with Gasteiger partial charge in [-0.25, -0.2) is 0 Å². The van der Waals surface area contributed by atoms with Gasteiger partial charge in [0.15, 0.2) is 0 Å². The summed E-state index contributed by atoms with van der Waals surface area (Å²) in [4.78, 5) is 0. The van der Waals surface area contributed by atoms with Crippen molar-refractivity contribution in [2.24, 2.45) is 0 Å². The zero-order chi connectivity index (χ0) is 15.1. The maximum absolute atomic E-state index is 5.59. The Labute approximate surface area is 135 Å². The molecule has 112 valence electrons. The fourth-order valence-corrected chi connectivity index (χ4v) is 2.33. The summed E-state index contributed by atoms with van der Waals surface area (Å²) >= 11 is 3.46. The molecule has 1 N–H and O–H groups in total. The van der Waals surface area contributed by atoms with Gasteiger partial charge in [-0.2, -0.15) is 0 Å². The summed E-state index contributed by atoms with van der Waals surface area (Å²) in [7, 11) is 0. The molecule has 0 aliphatic rings. The molecule has 0 saturated carbocycles. The van der Waals surface area contributed by atoms with E-state index in [-0.39, 0.29) is 0 Å². The SMILES string of the molecule is CCCOc1ccc(CN[C@@H](C)c2ccc(Br)cc2)cc1. The van der Waals surface area contributed by atoms with E-state index < -0.39 is 0 Å². The van der Waals surface area contributed by atoms with Gasteiger partial charge in [0.25, 0.3) is 0 Å². The standard InChI is InChI=1S/C18H22BrNO/c1-3-12-21-18-10-4-15(5-11-18)13-20-14(2)16-6-8-17(19)9-7-16/h4-11,14,20H,3,12-13H2,1-2H3/t14-/m0/s1. The zero-order valence-electron chi connectivity index (χ0n) is 12.6. The Morgan fingerprint density at radius 3 is 2.33 bits per heavy atom. The Morgan fingerprint density at radius 2 is 1.71 bits per heavy atom. The molecule has 0 heterocycles. The van der Waals surface area contributed by atoms with E-state index in [1.54, 1.807) is 0 Å². The molecule has 2 nitrogen and oxygen atoms in total. The molecular formula is C18H22BrNO. The Kier molecular flexibility index (Phi) is 6.27. The first-order valence-electron chi connectivity index (χ1n) is 7.39. The van der Waals surface area contributed by atoms with Gasteiger partial charge in [0.2, 0.25) is 0 Å². The predicted octanol–water partition coefficient (Wildman–Crippen LogP) is 5.09. The second kappa shape index (κ2) is 8.20. The molecule has 0 spiro atoms. The van der Waals surface area contributed by atoms with Crippen molar-refractivity contribution < 1.29 is 4.74 Å². The lowest BCUT2D eigenvalue weighted by molar-refractivity contribution is 0.317. The van der Waals surface area contributed by atoms with Gasteiger partial charge < -0.3 is 10.1 Å². The van der Waals surface area contributed by atoms with Gasteiger partial charge in [-0.05, 0) is 48.7 Å². The Bertz CT molecular complexity index is 536. The third kappa shape index (κ3) is 5.18. The van der Waals surface area contributed by atoms with E-state index in [4.69, 9.17) is 4.74 Å². The topological polar surface area (TPSA) is 21.3 Å². The van der Waals surface area contributed by atoms with Crippen LogP contribution in [0.25, 0.3) is 0 Å². The van der Waals surface area contributed by atoms with E-state index in [9.17, 15) is 0 Å². The van der Waals surface area contributed by atoms with E-state index in [0.29, 0.717) is 6.04 Å². The van der Waals surface area contributed by atoms with Crippen LogP contribution >= 0.6 is 15.9 Å². The van der Waals surface area contributed by atoms with Crippen LogP contribution in [0.2, 0.25) is 0 Å². The van der Waals surface area contributed by atoms with E-state index in [1.807, 2.05) is 12.1 Å². The fourth-order valence-electron chi connectivity index (χ4n) is 2.06. The lowest BCUT2D eigenvalue weighted by atomic mass is 10.1. The summed E-state index contributed by atoms with van der Waals surface area (Å²) in [5.74, 6) is 0.946. The highest BCUT2D eigenvalue weighted by Crippen LogP contribution is 2.18. The molecular weight excluding hydrogens is 326 g/mol. The van der Waals surface area contributed by atoms with Crippen LogP contribution in [0.15, 0.2) is 53.0 Å². The van der Waals surface area contributed by atoms with Gasteiger partial charge in [-0.1, -0.05) is 47.1 Å². The van der Waals surface area contributed by atoms with Crippen LogP contribution < -0.4 is 10.1 Å². The highest BCUT2D eigenvalue weighted by Gasteiger charge is 2.04. The lowest BCUT2D eigenvalue weighted by Crippen LogP contribution is -2.17. The van der Waals surface area contributed by atoms with Crippen molar-refractivity contribution in [1.29, 1.82) is 0 Å². The van der Waals surface area contributed by atoms with Crippen LogP contribution in [0.4, 0.5) is 0 Å². The van der Waals surface area contributed by atoms with Crippen molar-refractivity contribution in [3.63, 3.8) is 0 Å². The molecule has 2 rings (SSSR count). The van der Waals surface area contributed by atoms with Crippen LogP contribution in [0.1, 0.15) is 37.4 Å². The summed E-state index contributed by atoms with van der Waals surface area (Å²) in [6.45, 7) is 5.92. The highest BCUT2D eigenvalue weighted by molar-refractivity contribution is 9.10. The van der Waals surface area contributed by atoms with Gasteiger partial charge in [-0.15, -0.1) is 0 Å². The van der Waals surface area contributed by atoms with Crippen molar-refractivity contribution in [1.82, 2.24) is 5.32 Å². The Hall–Kier alpha value is -1.32. The average Bonchev–Trinajstić information content (AvgIpc) is 2.52. The Balaban J connectivity index is 1.86. The third-order valence-corrected chi connectivity index (χ3v) is 3.91. The third-order valence-electron chi connectivity index (χ3n) is 3.38. The normalized spacial score (nSPS) is 12.1. The van der Waals surface area contributed by atoms with Gasteiger partial charge >= 0.3 is 0 Å². The minimum atomic E-state index is 0.328. The van der Waals surface area contributed by atoms with Crippen LogP contribution in [0.5, 0.6) is 5.75 Å². The number of ether oxygens (including phenoxy) is 1. The molecule has 1 atom stereocenters. The molecule has 2 aromatic carbocycles. The monoisotopic (exact) mass is 347 g/mol. The highest BCUT2D eigenvalue weighted by atomic mass is 79.9. The van der Waals surface area contributed by atoms with Crippen molar-refractivity contribution >= 4 is 15.9 Å². The molecule has 0 fully saturated rings. The zero-order valence-corrected chi connectivity index (χ0v) is 14.2. The molecule has 3 heteroatoms. The number of benzene rings is 2. The molecule has 0 unspecified atom stereocenters. The van der Waals surface area contributed by atoms with E-state index in [0.717, 1.165) is 29.8 Å². The summed E-state index contributed by atoms with van der Waals surface area (Å²) in [5, 5.41) is 3.54. The molecule has 21 heavy (non-hydrogen) atoms. The van der Waals surface area contributed by atoms with E-state index >= 15 is 0 Å². The lowest BCUT2D eigenvalue weighted by Gasteiger charge is -2.14. The first-order valence-corrected chi connectivity index (χ1v) is 8.19. The van der Waals surface area contributed by atoms with Crippen molar-refractivity contribution in [3.05, 3.63) is 64.1 Å². The number of hydrogen-bond donors (Lipinski definition) is 1. The molecule has 0 aliphatic heterocycles. The number of nitrogens with one attached hydrogen (secondary N) is 1. The fraction of sp³-hybridized carbons (Fsp3) is 0.333. The number of rotatable bonds is 7. The van der Waals surface area contributed by atoms with Gasteiger partial charge in [0.05, 0.1) is 6.61 Å². The van der Waals surface area contributed by atoms with Gasteiger partial charge in [-0.3, -0.25) is 0 Å². The van der Waals surface area contributed by atoms with Crippen molar-refractivity contribution in [2.75, 3.05) is 6.61 Å². The van der Waals surface area contributed by atoms with E-state index in [1.165, 1.54) is 11.1 Å². The van der Waals surface area contributed by atoms with Crippen LogP contribution in [0, 0.1) is 0 Å². The molecule has 0 saturated heterocycles.